The summed E-state index contributed by atoms with van der Waals surface area (Å²) in [5, 5.41) is 3.58. The second-order valence-corrected chi connectivity index (χ2v) is 9.22. The number of thiazole rings is 1. The molecule has 1 unspecified atom stereocenters. The summed E-state index contributed by atoms with van der Waals surface area (Å²) in [4.78, 5) is 25.0. The second kappa shape index (κ2) is 8.42. The normalized spacial score (nSPS) is 17.0. The van der Waals surface area contributed by atoms with Gasteiger partial charge < -0.3 is 14.4 Å². The Labute approximate surface area is 197 Å². The summed E-state index contributed by atoms with van der Waals surface area (Å²) in [5.41, 5.74) is 1.71. The molecule has 1 amide bonds. The Bertz CT molecular complexity index is 1330. The molecule has 1 aliphatic rings. The molecule has 0 spiro atoms. The van der Waals surface area contributed by atoms with Crippen molar-refractivity contribution in [2.75, 3.05) is 24.5 Å². The van der Waals surface area contributed by atoms with E-state index < -0.39 is 11.2 Å². The van der Waals surface area contributed by atoms with Crippen LogP contribution in [0.4, 0.5) is 18.2 Å². The zero-order valence-corrected chi connectivity index (χ0v) is 19.3. The largest absolute Gasteiger partial charge is 0.443 e. The maximum Gasteiger partial charge on any atom is 0.443 e. The minimum absolute atomic E-state index is 0.0771. The predicted molar refractivity (Wildman–Crippen MR) is 122 cm³/mol. The van der Waals surface area contributed by atoms with E-state index in [9.17, 15) is 18.0 Å². The Balaban J connectivity index is 1.46. The van der Waals surface area contributed by atoms with Crippen LogP contribution in [0.25, 0.3) is 22.6 Å². The molecule has 1 saturated heterocycles. The number of aromatic nitrogens is 5. The van der Waals surface area contributed by atoms with Gasteiger partial charge in [-0.2, -0.15) is 18.3 Å². The molecule has 4 aromatic rings. The van der Waals surface area contributed by atoms with E-state index in [-0.39, 0.29) is 24.2 Å². The number of anilines is 1. The van der Waals surface area contributed by atoms with Crippen molar-refractivity contribution in [3.8, 4) is 11.5 Å². The average Bonchev–Trinajstić information content (AvgIpc) is 3.52. The molecule has 1 fully saturated rings. The fourth-order valence-corrected chi connectivity index (χ4v) is 5.25. The molecule has 1 atom stereocenters. The van der Waals surface area contributed by atoms with Crippen molar-refractivity contribution in [1.29, 1.82) is 0 Å². The molecule has 1 aliphatic heterocycles. The molecule has 34 heavy (non-hydrogen) atoms. The average molecular weight is 490 g/mol. The molecule has 8 nitrogen and oxygen atoms in total. The molecular weight excluding hydrogens is 467 g/mol. The van der Waals surface area contributed by atoms with Gasteiger partial charge in [0.2, 0.25) is 10.9 Å². The first kappa shape index (κ1) is 22.4. The zero-order chi connectivity index (χ0) is 24.0. The number of nitrogens with zero attached hydrogens (tertiary/aromatic N) is 7. The Hall–Kier alpha value is -3.41. The molecule has 4 heterocycles. The van der Waals surface area contributed by atoms with Gasteiger partial charge in [-0.3, -0.25) is 9.48 Å². The standard InChI is InChI=1S/C22H22F3N7OS/c1-14-12-30(10-11-32(14)17(33)13-31-9-5-8-26-31)20-18(28-21(34-20)22(23,24)25)19-27-15-6-3-4-7-16(15)29(19)2/h3-9,14H,10-13H2,1-2H3. The maximum atomic E-state index is 13.6. The lowest BCUT2D eigenvalue weighted by Gasteiger charge is -2.40. The maximum absolute atomic E-state index is 13.6. The van der Waals surface area contributed by atoms with Crippen molar-refractivity contribution in [3.63, 3.8) is 0 Å². The Morgan fingerprint density at radius 2 is 1.97 bits per heavy atom. The highest BCUT2D eigenvalue weighted by Gasteiger charge is 2.39. The van der Waals surface area contributed by atoms with Crippen LogP contribution in [-0.2, 0) is 24.6 Å². The molecule has 178 valence electrons. The third-order valence-electron chi connectivity index (χ3n) is 5.94. The van der Waals surface area contributed by atoms with E-state index >= 15 is 0 Å². The summed E-state index contributed by atoms with van der Waals surface area (Å²) >= 11 is 0.621. The molecule has 1 aromatic carbocycles. The summed E-state index contributed by atoms with van der Waals surface area (Å²) in [6.07, 6.45) is -1.23. The fraction of sp³-hybridized carbons (Fsp3) is 0.364. The molecule has 12 heteroatoms. The number of para-hydroxylation sites is 2. The van der Waals surface area contributed by atoms with Gasteiger partial charge in [-0.15, -0.1) is 0 Å². The van der Waals surface area contributed by atoms with E-state index in [4.69, 9.17) is 0 Å². The first-order valence-electron chi connectivity index (χ1n) is 10.7. The van der Waals surface area contributed by atoms with Gasteiger partial charge in [-0.1, -0.05) is 23.5 Å². The van der Waals surface area contributed by atoms with Gasteiger partial charge in [0.15, 0.2) is 5.82 Å². The third kappa shape index (κ3) is 4.02. The summed E-state index contributed by atoms with van der Waals surface area (Å²) < 4.78 is 44.2. The zero-order valence-electron chi connectivity index (χ0n) is 18.5. The number of rotatable bonds is 4. The van der Waals surface area contributed by atoms with E-state index in [0.29, 0.717) is 47.3 Å². The van der Waals surface area contributed by atoms with Crippen LogP contribution in [-0.4, -0.2) is 60.8 Å². The molecular formula is C22H22F3N7OS. The number of benzene rings is 1. The molecule has 0 aliphatic carbocycles. The van der Waals surface area contributed by atoms with E-state index in [1.54, 1.807) is 39.7 Å². The Kier molecular flexibility index (Phi) is 5.54. The Morgan fingerprint density at radius 3 is 2.65 bits per heavy atom. The van der Waals surface area contributed by atoms with E-state index in [1.165, 1.54) is 0 Å². The van der Waals surface area contributed by atoms with Crippen molar-refractivity contribution in [3.05, 3.63) is 47.7 Å². The van der Waals surface area contributed by atoms with Crippen LogP contribution >= 0.6 is 11.3 Å². The van der Waals surface area contributed by atoms with E-state index in [2.05, 4.69) is 15.1 Å². The highest BCUT2D eigenvalue weighted by atomic mass is 32.1. The number of hydrogen-bond donors (Lipinski definition) is 0. The van der Waals surface area contributed by atoms with Gasteiger partial charge in [-0.25, -0.2) is 9.97 Å². The number of carbonyl (C=O) groups excluding carboxylic acids is 1. The number of aryl methyl sites for hydroxylation is 1. The van der Waals surface area contributed by atoms with Gasteiger partial charge in [0.25, 0.3) is 0 Å². The molecule has 3 aromatic heterocycles. The number of imidazole rings is 1. The van der Waals surface area contributed by atoms with Crippen LogP contribution in [0.2, 0.25) is 0 Å². The minimum atomic E-state index is -4.56. The van der Waals surface area contributed by atoms with Crippen molar-refractivity contribution in [2.45, 2.75) is 25.7 Å². The third-order valence-corrected chi connectivity index (χ3v) is 7.10. The molecule has 0 N–H and O–H groups in total. The lowest BCUT2D eigenvalue weighted by Crippen LogP contribution is -2.54. The molecule has 5 rings (SSSR count). The van der Waals surface area contributed by atoms with Crippen molar-refractivity contribution < 1.29 is 18.0 Å². The van der Waals surface area contributed by atoms with E-state index in [1.807, 2.05) is 36.1 Å². The van der Waals surface area contributed by atoms with Crippen LogP contribution < -0.4 is 4.90 Å². The van der Waals surface area contributed by atoms with E-state index in [0.717, 1.165) is 5.52 Å². The van der Waals surface area contributed by atoms with Crippen LogP contribution in [0.1, 0.15) is 11.9 Å². The van der Waals surface area contributed by atoms with Crippen molar-refractivity contribution in [1.82, 2.24) is 29.2 Å². The molecule has 0 saturated carbocycles. The van der Waals surface area contributed by atoms with Crippen LogP contribution in [0, 0.1) is 0 Å². The topological polar surface area (TPSA) is 72.1 Å². The second-order valence-electron chi connectivity index (χ2n) is 8.24. The first-order chi connectivity index (χ1) is 16.2. The number of alkyl halides is 3. The van der Waals surface area contributed by atoms with Crippen LogP contribution in [0.3, 0.4) is 0 Å². The highest BCUT2D eigenvalue weighted by Crippen LogP contribution is 2.43. The first-order valence-corrected chi connectivity index (χ1v) is 11.6. The summed E-state index contributed by atoms with van der Waals surface area (Å²) in [6.45, 7) is 3.20. The number of halogens is 3. The summed E-state index contributed by atoms with van der Waals surface area (Å²) in [5.74, 6) is 0.305. The van der Waals surface area contributed by atoms with Crippen molar-refractivity contribution in [2.24, 2.45) is 7.05 Å². The summed E-state index contributed by atoms with van der Waals surface area (Å²) in [6, 6.07) is 8.94. The van der Waals surface area contributed by atoms with Gasteiger partial charge in [0.1, 0.15) is 17.2 Å². The number of amides is 1. The van der Waals surface area contributed by atoms with Gasteiger partial charge in [0.05, 0.1) is 11.0 Å². The summed E-state index contributed by atoms with van der Waals surface area (Å²) in [7, 11) is 1.77. The molecule has 0 bridgehead atoms. The number of carbonyl (C=O) groups is 1. The SMILES string of the molecule is CC1CN(c2sc(C(F)(F)F)nc2-c2nc3ccccc3n2C)CCN1C(=O)Cn1cccn1. The fourth-order valence-electron chi connectivity index (χ4n) is 4.29. The van der Waals surface area contributed by atoms with Gasteiger partial charge in [0, 0.05) is 45.1 Å². The Morgan fingerprint density at radius 1 is 1.18 bits per heavy atom. The van der Waals surface area contributed by atoms with Crippen molar-refractivity contribution >= 4 is 33.3 Å². The van der Waals surface area contributed by atoms with Gasteiger partial charge >= 0.3 is 6.18 Å². The smallest absolute Gasteiger partial charge is 0.358 e. The van der Waals surface area contributed by atoms with Crippen LogP contribution in [0.5, 0.6) is 0 Å². The minimum Gasteiger partial charge on any atom is -0.358 e. The highest BCUT2D eigenvalue weighted by molar-refractivity contribution is 7.16. The van der Waals surface area contributed by atoms with Gasteiger partial charge in [-0.05, 0) is 25.1 Å². The monoisotopic (exact) mass is 489 g/mol. The number of piperazine rings is 1. The predicted octanol–water partition coefficient (Wildman–Crippen LogP) is 3.65. The molecule has 0 radical (unpaired) electrons. The lowest BCUT2D eigenvalue weighted by molar-refractivity contribution is -0.137. The van der Waals surface area contributed by atoms with Crippen LogP contribution in [0.15, 0.2) is 42.7 Å². The lowest BCUT2D eigenvalue weighted by atomic mass is 10.2. The quantitative estimate of drug-likeness (QED) is 0.438. The number of hydrogen-bond acceptors (Lipinski definition) is 6. The number of fused-ring (bicyclic) bond motifs is 1.